The molecule has 3 rings (SSSR count). The molecule has 1 N–H and O–H groups in total. The first kappa shape index (κ1) is 17.7. The van der Waals surface area contributed by atoms with Crippen LogP contribution in [0.25, 0.3) is 0 Å². The molecule has 2 aromatic rings. The van der Waals surface area contributed by atoms with Crippen molar-refractivity contribution in [1.82, 2.24) is 9.88 Å². The molecule has 1 saturated heterocycles. The van der Waals surface area contributed by atoms with Crippen molar-refractivity contribution in [3.05, 3.63) is 58.4 Å². The molecule has 2 heterocycles. The molecule has 1 fully saturated rings. The molecule has 0 bridgehead atoms. The Balaban J connectivity index is 1.73. The van der Waals surface area contributed by atoms with Crippen molar-refractivity contribution in [2.24, 2.45) is 0 Å². The summed E-state index contributed by atoms with van der Waals surface area (Å²) in [6, 6.07) is 8.71. The van der Waals surface area contributed by atoms with Gasteiger partial charge in [0, 0.05) is 25.3 Å². The lowest BCUT2D eigenvalue weighted by molar-refractivity contribution is -0.0635. The van der Waals surface area contributed by atoms with E-state index in [1.165, 1.54) is 23.8 Å². The lowest BCUT2D eigenvalue weighted by atomic mass is 9.98. The summed E-state index contributed by atoms with van der Waals surface area (Å²) in [6.07, 6.45) is 1.96. The first-order valence-electron chi connectivity index (χ1n) is 8.66. The third-order valence-corrected chi connectivity index (χ3v) is 4.88. The fourth-order valence-electron chi connectivity index (χ4n) is 3.31. The number of morpholine rings is 1. The number of aryl methyl sites for hydroxylation is 2. The number of aromatic nitrogens is 1. The van der Waals surface area contributed by atoms with Crippen LogP contribution in [0.1, 0.15) is 45.8 Å². The number of nitrogens with zero attached hydrogens (tertiary/aromatic N) is 1. The van der Waals surface area contributed by atoms with Crippen molar-refractivity contribution in [2.45, 2.75) is 39.5 Å². The lowest BCUT2D eigenvalue weighted by Crippen LogP contribution is -2.44. The number of benzene rings is 1. The van der Waals surface area contributed by atoms with Gasteiger partial charge in [-0.25, -0.2) is 4.79 Å². The van der Waals surface area contributed by atoms with E-state index in [1.807, 2.05) is 12.3 Å². The number of esters is 1. The predicted molar refractivity (Wildman–Crippen MR) is 96.6 cm³/mol. The molecule has 5 heteroatoms. The molecule has 2 atom stereocenters. The van der Waals surface area contributed by atoms with E-state index in [2.05, 4.69) is 48.9 Å². The molecule has 0 aliphatic carbocycles. The van der Waals surface area contributed by atoms with E-state index in [4.69, 9.17) is 9.47 Å². The highest BCUT2D eigenvalue weighted by atomic mass is 16.5. The highest BCUT2D eigenvalue weighted by Crippen LogP contribution is 2.29. The summed E-state index contributed by atoms with van der Waals surface area (Å²) < 4.78 is 10.9. The van der Waals surface area contributed by atoms with Gasteiger partial charge < -0.3 is 14.5 Å². The van der Waals surface area contributed by atoms with Crippen molar-refractivity contribution in [3.8, 4) is 0 Å². The molecule has 0 unspecified atom stereocenters. The molecule has 0 saturated carbocycles. The zero-order chi connectivity index (χ0) is 18.0. The summed E-state index contributed by atoms with van der Waals surface area (Å²) in [4.78, 5) is 17.0. The van der Waals surface area contributed by atoms with E-state index in [0.29, 0.717) is 18.3 Å². The summed E-state index contributed by atoms with van der Waals surface area (Å²) in [5, 5.41) is 0. The number of rotatable bonds is 4. The molecule has 1 aromatic carbocycles. The van der Waals surface area contributed by atoms with E-state index in [1.54, 1.807) is 0 Å². The van der Waals surface area contributed by atoms with Crippen LogP contribution in [0.4, 0.5) is 0 Å². The number of nitrogens with one attached hydrogen (secondary N) is 1. The van der Waals surface area contributed by atoms with Crippen molar-refractivity contribution in [1.29, 1.82) is 0 Å². The first-order valence-corrected chi connectivity index (χ1v) is 8.66. The summed E-state index contributed by atoms with van der Waals surface area (Å²) >= 11 is 0. The van der Waals surface area contributed by atoms with Crippen molar-refractivity contribution in [3.63, 3.8) is 0 Å². The lowest BCUT2D eigenvalue weighted by Gasteiger charge is -2.38. The normalized spacial score (nSPS) is 21.3. The van der Waals surface area contributed by atoms with Crippen molar-refractivity contribution in [2.75, 3.05) is 20.3 Å². The number of hydrogen-bond donors (Lipinski definition) is 1. The Hall–Kier alpha value is -2.11. The van der Waals surface area contributed by atoms with Crippen molar-refractivity contribution < 1.29 is 14.3 Å². The van der Waals surface area contributed by atoms with E-state index in [0.717, 1.165) is 18.7 Å². The Bertz CT molecular complexity index is 753. The van der Waals surface area contributed by atoms with Gasteiger partial charge >= 0.3 is 5.97 Å². The number of ether oxygens (including phenoxy) is 2. The largest absolute Gasteiger partial charge is 0.464 e. The maximum Gasteiger partial charge on any atom is 0.354 e. The molecule has 0 radical (unpaired) electrons. The molecule has 5 nitrogen and oxygen atoms in total. The van der Waals surface area contributed by atoms with Crippen molar-refractivity contribution >= 4 is 5.97 Å². The second-order valence-electron chi connectivity index (χ2n) is 6.87. The molecule has 134 valence electrons. The van der Waals surface area contributed by atoms with Gasteiger partial charge in [-0.05, 0) is 43.5 Å². The molecule has 1 aromatic heterocycles. The highest BCUT2D eigenvalue weighted by Gasteiger charge is 2.28. The van der Waals surface area contributed by atoms with Crippen LogP contribution >= 0.6 is 0 Å². The third-order valence-electron chi connectivity index (χ3n) is 4.88. The molecular formula is C20H26N2O3. The van der Waals surface area contributed by atoms with Crippen LogP contribution < -0.4 is 0 Å². The number of carbonyl (C=O) groups excluding carboxylic acids is 1. The molecule has 25 heavy (non-hydrogen) atoms. The standard InChI is InChI=1S/C20H26N2O3/c1-13-5-6-14(2)17(7-13)19-11-22(15(3)12-25-19)10-16-8-18(21-9-16)20(23)24-4/h5-9,15,19,21H,10-12H2,1-4H3/t15-,19+/m0/s1. The second-order valence-corrected chi connectivity index (χ2v) is 6.87. The van der Waals surface area contributed by atoms with Gasteiger partial charge in [0.05, 0.1) is 19.8 Å². The van der Waals surface area contributed by atoms with Gasteiger partial charge in [0.1, 0.15) is 5.69 Å². The average molecular weight is 342 g/mol. The molecule has 0 spiro atoms. The first-order chi connectivity index (χ1) is 12.0. The van der Waals surface area contributed by atoms with Gasteiger partial charge in [-0.1, -0.05) is 23.8 Å². The Kier molecular flexibility index (Phi) is 5.25. The molecule has 1 aliphatic rings. The number of methoxy groups -OCH3 is 1. The molecule has 1 aliphatic heterocycles. The Morgan fingerprint density at radius 2 is 2.16 bits per heavy atom. The number of H-pyrrole nitrogens is 1. The molecule has 0 amide bonds. The number of hydrogen-bond acceptors (Lipinski definition) is 4. The van der Waals surface area contributed by atoms with Gasteiger partial charge in [-0.3, -0.25) is 4.90 Å². The Morgan fingerprint density at radius 1 is 1.36 bits per heavy atom. The predicted octanol–water partition coefficient (Wildman–Crippen LogP) is 3.38. The summed E-state index contributed by atoms with van der Waals surface area (Å²) in [7, 11) is 1.39. The zero-order valence-corrected chi connectivity index (χ0v) is 15.3. The fraction of sp³-hybridized carbons (Fsp3) is 0.450. The minimum Gasteiger partial charge on any atom is -0.464 e. The quantitative estimate of drug-likeness (QED) is 0.866. The van der Waals surface area contributed by atoms with Gasteiger partial charge in [0.2, 0.25) is 0 Å². The highest BCUT2D eigenvalue weighted by molar-refractivity contribution is 5.87. The average Bonchev–Trinajstić information content (AvgIpc) is 3.07. The number of carbonyl (C=O) groups is 1. The van der Waals surface area contributed by atoms with Crippen LogP contribution in [0.5, 0.6) is 0 Å². The Labute approximate surface area is 148 Å². The van der Waals surface area contributed by atoms with E-state index in [9.17, 15) is 4.79 Å². The maximum absolute atomic E-state index is 11.6. The van der Waals surface area contributed by atoms with Gasteiger partial charge in [-0.2, -0.15) is 0 Å². The zero-order valence-electron chi connectivity index (χ0n) is 15.3. The monoisotopic (exact) mass is 342 g/mol. The number of aromatic amines is 1. The van der Waals surface area contributed by atoms with E-state index in [-0.39, 0.29) is 12.1 Å². The summed E-state index contributed by atoms with van der Waals surface area (Å²) in [5.41, 5.74) is 5.35. The van der Waals surface area contributed by atoms with E-state index >= 15 is 0 Å². The maximum atomic E-state index is 11.6. The summed E-state index contributed by atoms with van der Waals surface area (Å²) in [6.45, 7) is 8.73. The SMILES string of the molecule is COC(=O)c1cc(CN2C[C@H](c3cc(C)ccc3C)OC[C@@H]2C)c[nH]1. The van der Waals surface area contributed by atoms with Crippen LogP contribution in [0.3, 0.4) is 0 Å². The minimum absolute atomic E-state index is 0.0788. The van der Waals surface area contributed by atoms with Gasteiger partial charge in [-0.15, -0.1) is 0 Å². The van der Waals surface area contributed by atoms with Crippen LogP contribution in [0, 0.1) is 13.8 Å². The Morgan fingerprint density at radius 3 is 2.92 bits per heavy atom. The van der Waals surface area contributed by atoms with Crippen LogP contribution in [0.2, 0.25) is 0 Å². The topological polar surface area (TPSA) is 54.6 Å². The fourth-order valence-corrected chi connectivity index (χ4v) is 3.31. The summed E-state index contributed by atoms with van der Waals surface area (Å²) in [5.74, 6) is -0.338. The smallest absolute Gasteiger partial charge is 0.354 e. The van der Waals surface area contributed by atoms with Crippen LogP contribution in [-0.4, -0.2) is 42.2 Å². The second kappa shape index (κ2) is 7.42. The van der Waals surface area contributed by atoms with Crippen LogP contribution in [0.15, 0.2) is 30.5 Å². The van der Waals surface area contributed by atoms with E-state index < -0.39 is 0 Å². The van der Waals surface area contributed by atoms with Gasteiger partial charge in [0.15, 0.2) is 0 Å². The molecular weight excluding hydrogens is 316 g/mol. The third kappa shape index (κ3) is 3.94. The van der Waals surface area contributed by atoms with Crippen LogP contribution in [-0.2, 0) is 16.0 Å². The van der Waals surface area contributed by atoms with Gasteiger partial charge in [0.25, 0.3) is 0 Å². The minimum atomic E-state index is -0.338.